The molecular weight excluding hydrogens is 286 g/mol. The molecule has 0 aliphatic heterocycles. The van der Waals surface area contributed by atoms with Crippen molar-refractivity contribution in [2.24, 2.45) is 0 Å². The molecule has 0 aliphatic rings. The molecule has 0 spiro atoms. The maximum absolute atomic E-state index is 11.5. The van der Waals surface area contributed by atoms with E-state index in [1.165, 1.54) is 0 Å². The van der Waals surface area contributed by atoms with Crippen molar-refractivity contribution in [3.63, 3.8) is 0 Å². The number of carbonyl (C=O) groups is 1. The molecule has 3 heteroatoms. The van der Waals surface area contributed by atoms with Gasteiger partial charge in [0.2, 0.25) is 0 Å². The minimum absolute atomic E-state index is 0.228. The molecule has 0 atom stereocenters. The predicted octanol–water partition coefficient (Wildman–Crippen LogP) is 4.92. The highest BCUT2D eigenvalue weighted by Gasteiger charge is 2.17. The van der Waals surface area contributed by atoms with E-state index >= 15 is 0 Å². The molecule has 23 heavy (non-hydrogen) atoms. The molecule has 0 N–H and O–H groups in total. The van der Waals surface area contributed by atoms with E-state index in [0.717, 1.165) is 22.6 Å². The number of nitrogens with zero attached hydrogens (tertiary/aromatic N) is 1. The summed E-state index contributed by atoms with van der Waals surface area (Å²) >= 11 is 0. The molecule has 0 saturated heterocycles. The van der Waals surface area contributed by atoms with Crippen LogP contribution in [0, 0.1) is 0 Å². The Hall–Kier alpha value is -2.68. The fraction of sp³-hybridized carbons (Fsp3) is 0.200. The van der Waals surface area contributed by atoms with Crippen molar-refractivity contribution in [2.75, 3.05) is 0 Å². The van der Waals surface area contributed by atoms with Crippen molar-refractivity contribution in [3.05, 3.63) is 66.6 Å². The molecule has 1 aromatic heterocycles. The van der Waals surface area contributed by atoms with E-state index in [2.05, 4.69) is 4.98 Å². The third kappa shape index (κ3) is 3.57. The van der Waals surface area contributed by atoms with Gasteiger partial charge in [0.15, 0.2) is 11.7 Å². The number of hydrogen-bond donors (Lipinski definition) is 0. The molecule has 0 saturated carbocycles. The van der Waals surface area contributed by atoms with Crippen LogP contribution in [0.2, 0.25) is 0 Å². The first-order valence-electron chi connectivity index (χ1n) is 7.90. The summed E-state index contributed by atoms with van der Waals surface area (Å²) in [4.78, 5) is 16.2. The Labute approximate surface area is 136 Å². The summed E-state index contributed by atoms with van der Waals surface area (Å²) in [7, 11) is 0. The Morgan fingerprint density at radius 3 is 2.17 bits per heavy atom. The van der Waals surface area contributed by atoms with Crippen LogP contribution < -0.4 is 0 Å². The van der Waals surface area contributed by atoms with E-state index in [1.54, 1.807) is 0 Å². The Morgan fingerprint density at radius 1 is 0.957 bits per heavy atom. The second kappa shape index (κ2) is 7.05. The van der Waals surface area contributed by atoms with Crippen LogP contribution in [0.3, 0.4) is 0 Å². The molecule has 0 aliphatic carbocycles. The van der Waals surface area contributed by atoms with Gasteiger partial charge in [0.1, 0.15) is 11.5 Å². The van der Waals surface area contributed by atoms with Gasteiger partial charge in [-0.15, -0.1) is 0 Å². The quantitative estimate of drug-likeness (QED) is 0.649. The third-order valence-corrected chi connectivity index (χ3v) is 3.77. The van der Waals surface area contributed by atoms with Gasteiger partial charge in [-0.2, -0.15) is 0 Å². The van der Waals surface area contributed by atoms with Crippen molar-refractivity contribution >= 4 is 5.78 Å². The minimum Gasteiger partial charge on any atom is -0.440 e. The lowest BCUT2D eigenvalue weighted by Crippen LogP contribution is -1.97. The SMILES string of the molecule is CCC(=O)CCc1nc(-c2ccccc2)c(-c2ccccc2)o1. The van der Waals surface area contributed by atoms with Gasteiger partial charge in [0, 0.05) is 30.4 Å². The first-order chi connectivity index (χ1) is 11.3. The highest BCUT2D eigenvalue weighted by atomic mass is 16.4. The monoisotopic (exact) mass is 305 g/mol. The summed E-state index contributed by atoms with van der Waals surface area (Å²) in [6.45, 7) is 1.88. The predicted molar refractivity (Wildman–Crippen MR) is 91.0 cm³/mol. The highest BCUT2D eigenvalue weighted by Crippen LogP contribution is 2.32. The van der Waals surface area contributed by atoms with Crippen molar-refractivity contribution in [1.29, 1.82) is 0 Å². The number of oxazole rings is 1. The number of carbonyl (C=O) groups excluding carboxylic acids is 1. The van der Waals surface area contributed by atoms with Crippen molar-refractivity contribution in [2.45, 2.75) is 26.2 Å². The van der Waals surface area contributed by atoms with Gasteiger partial charge in [-0.25, -0.2) is 4.98 Å². The van der Waals surface area contributed by atoms with Crippen molar-refractivity contribution < 1.29 is 9.21 Å². The van der Waals surface area contributed by atoms with Crippen LogP contribution in [0.15, 0.2) is 65.1 Å². The molecule has 3 nitrogen and oxygen atoms in total. The zero-order chi connectivity index (χ0) is 16.1. The lowest BCUT2D eigenvalue weighted by Gasteiger charge is -2.00. The largest absolute Gasteiger partial charge is 0.440 e. The zero-order valence-corrected chi connectivity index (χ0v) is 13.2. The minimum atomic E-state index is 0.228. The second-order valence-electron chi connectivity index (χ2n) is 5.41. The zero-order valence-electron chi connectivity index (χ0n) is 13.2. The molecule has 0 fully saturated rings. The van der Waals surface area contributed by atoms with Crippen LogP contribution in [0.5, 0.6) is 0 Å². The fourth-order valence-corrected chi connectivity index (χ4v) is 2.47. The number of hydrogen-bond acceptors (Lipinski definition) is 3. The lowest BCUT2D eigenvalue weighted by atomic mass is 10.1. The molecule has 116 valence electrons. The first-order valence-corrected chi connectivity index (χ1v) is 7.90. The summed E-state index contributed by atoms with van der Waals surface area (Å²) in [6.07, 6.45) is 1.57. The number of benzene rings is 2. The standard InChI is InChI=1S/C20H19NO2/c1-2-17(22)13-14-18-21-19(15-9-5-3-6-10-15)20(23-18)16-11-7-4-8-12-16/h3-12H,2,13-14H2,1H3. The van der Waals surface area contributed by atoms with Crippen LogP contribution in [0.1, 0.15) is 25.7 Å². The fourth-order valence-electron chi connectivity index (χ4n) is 2.47. The van der Waals surface area contributed by atoms with E-state index in [-0.39, 0.29) is 5.78 Å². The van der Waals surface area contributed by atoms with E-state index in [1.807, 2.05) is 67.6 Å². The maximum atomic E-state index is 11.5. The van der Waals surface area contributed by atoms with Gasteiger partial charge in [-0.3, -0.25) is 4.79 Å². The molecular formula is C20H19NO2. The van der Waals surface area contributed by atoms with E-state index < -0.39 is 0 Å². The smallest absolute Gasteiger partial charge is 0.195 e. The van der Waals surface area contributed by atoms with Crippen LogP contribution in [-0.2, 0) is 11.2 Å². The van der Waals surface area contributed by atoms with Crippen LogP contribution in [0.25, 0.3) is 22.6 Å². The Kier molecular flexibility index (Phi) is 4.67. The first kappa shape index (κ1) is 15.2. The van der Waals surface area contributed by atoms with E-state index in [0.29, 0.717) is 25.2 Å². The van der Waals surface area contributed by atoms with Crippen molar-refractivity contribution in [3.8, 4) is 22.6 Å². The average Bonchev–Trinajstić information content (AvgIpc) is 3.05. The molecule has 1 heterocycles. The van der Waals surface area contributed by atoms with Gasteiger partial charge < -0.3 is 4.42 Å². The number of Topliss-reactive ketones (excluding diaryl/α,β-unsaturated/α-hetero) is 1. The topological polar surface area (TPSA) is 43.1 Å². The van der Waals surface area contributed by atoms with E-state index in [9.17, 15) is 4.79 Å². The lowest BCUT2D eigenvalue weighted by molar-refractivity contribution is -0.118. The number of aryl methyl sites for hydroxylation is 1. The summed E-state index contributed by atoms with van der Waals surface area (Å²) < 4.78 is 5.99. The van der Waals surface area contributed by atoms with E-state index in [4.69, 9.17) is 4.42 Å². The maximum Gasteiger partial charge on any atom is 0.195 e. The van der Waals surface area contributed by atoms with Crippen molar-refractivity contribution in [1.82, 2.24) is 4.98 Å². The molecule has 3 aromatic rings. The van der Waals surface area contributed by atoms with Gasteiger partial charge >= 0.3 is 0 Å². The molecule has 0 bridgehead atoms. The van der Waals surface area contributed by atoms with Gasteiger partial charge in [-0.1, -0.05) is 67.6 Å². The molecule has 0 unspecified atom stereocenters. The van der Waals surface area contributed by atoms with Crippen LogP contribution in [0.4, 0.5) is 0 Å². The van der Waals surface area contributed by atoms with Crippen LogP contribution in [-0.4, -0.2) is 10.8 Å². The van der Waals surface area contributed by atoms with Gasteiger partial charge in [0.05, 0.1) is 0 Å². The summed E-state index contributed by atoms with van der Waals surface area (Å²) in [5.74, 6) is 1.60. The Balaban J connectivity index is 1.99. The number of ketones is 1. The second-order valence-corrected chi connectivity index (χ2v) is 5.41. The van der Waals surface area contributed by atoms with Crippen LogP contribution >= 0.6 is 0 Å². The number of aromatic nitrogens is 1. The normalized spacial score (nSPS) is 10.7. The Morgan fingerprint density at radius 2 is 1.57 bits per heavy atom. The molecule has 2 aromatic carbocycles. The summed E-state index contributed by atoms with van der Waals surface area (Å²) in [6, 6.07) is 19.9. The molecule has 3 rings (SSSR count). The van der Waals surface area contributed by atoms with Gasteiger partial charge in [0.25, 0.3) is 0 Å². The Bertz CT molecular complexity index is 719. The molecule has 0 radical (unpaired) electrons. The number of rotatable bonds is 6. The average molecular weight is 305 g/mol. The van der Waals surface area contributed by atoms with Gasteiger partial charge in [-0.05, 0) is 0 Å². The summed E-state index contributed by atoms with van der Waals surface area (Å²) in [5, 5.41) is 0. The third-order valence-electron chi connectivity index (χ3n) is 3.77. The summed E-state index contributed by atoms with van der Waals surface area (Å²) in [5.41, 5.74) is 2.84. The molecule has 0 amide bonds. The highest BCUT2D eigenvalue weighted by molar-refractivity contribution is 5.79.